The quantitative estimate of drug-likeness (QED) is 0.565. The first kappa shape index (κ1) is 20.0. The van der Waals surface area contributed by atoms with E-state index < -0.39 is 10.0 Å². The van der Waals surface area contributed by atoms with Gasteiger partial charge in [0.1, 0.15) is 9.96 Å². The molecule has 0 amide bonds. The Morgan fingerprint density at radius 3 is 2.66 bits per heavy atom. The largest absolute Gasteiger partial charge is 0.493 e. The van der Waals surface area contributed by atoms with Gasteiger partial charge in [-0.05, 0) is 30.5 Å². The summed E-state index contributed by atoms with van der Waals surface area (Å²) in [4.78, 5) is 6.61. The van der Waals surface area contributed by atoms with E-state index >= 15 is 0 Å². The summed E-state index contributed by atoms with van der Waals surface area (Å²) in [6.45, 7) is 5.06. The maximum Gasteiger partial charge on any atom is 0.252 e. The third kappa shape index (κ3) is 4.35. The van der Waals surface area contributed by atoms with Crippen LogP contribution in [-0.2, 0) is 16.6 Å². The SMILES string of the molecule is CCOc1ccccc1-c1noc(CN2CCN(S(=O)(=O)c3cccs3)CC2)n1. The molecule has 4 rings (SSSR count). The average Bonchev–Trinajstić information content (AvgIpc) is 3.42. The van der Waals surface area contributed by atoms with Gasteiger partial charge in [-0.2, -0.15) is 9.29 Å². The molecule has 154 valence electrons. The Bertz CT molecular complexity index is 1040. The average molecular weight is 435 g/mol. The number of thiophene rings is 1. The normalized spacial score (nSPS) is 16.2. The van der Waals surface area contributed by atoms with Crippen LogP contribution in [0.2, 0.25) is 0 Å². The van der Waals surface area contributed by atoms with Gasteiger partial charge in [-0.3, -0.25) is 4.90 Å². The number of piperazine rings is 1. The predicted molar refractivity (Wildman–Crippen MR) is 109 cm³/mol. The first-order valence-electron chi connectivity index (χ1n) is 9.38. The minimum Gasteiger partial charge on any atom is -0.493 e. The predicted octanol–water partition coefficient (Wildman–Crippen LogP) is 2.70. The van der Waals surface area contributed by atoms with Crippen LogP contribution < -0.4 is 4.74 Å². The number of nitrogens with zero attached hydrogens (tertiary/aromatic N) is 4. The van der Waals surface area contributed by atoms with Crippen molar-refractivity contribution in [3.05, 3.63) is 47.7 Å². The Labute approximate surface area is 173 Å². The molecule has 3 aromatic rings. The maximum absolute atomic E-state index is 12.6. The Morgan fingerprint density at radius 1 is 1.14 bits per heavy atom. The summed E-state index contributed by atoms with van der Waals surface area (Å²) in [5.41, 5.74) is 0.788. The fourth-order valence-electron chi connectivity index (χ4n) is 3.22. The molecule has 1 fully saturated rings. The third-order valence-electron chi connectivity index (χ3n) is 4.68. The lowest BCUT2D eigenvalue weighted by molar-refractivity contribution is 0.163. The number of benzene rings is 1. The molecule has 1 saturated heterocycles. The van der Waals surface area contributed by atoms with Gasteiger partial charge < -0.3 is 9.26 Å². The van der Waals surface area contributed by atoms with E-state index in [9.17, 15) is 8.42 Å². The number of aromatic nitrogens is 2. The number of ether oxygens (including phenoxy) is 1. The molecule has 0 N–H and O–H groups in total. The van der Waals surface area contributed by atoms with E-state index in [1.54, 1.807) is 17.5 Å². The monoisotopic (exact) mass is 434 g/mol. The molecule has 0 unspecified atom stereocenters. The van der Waals surface area contributed by atoms with E-state index in [0.29, 0.717) is 55.3 Å². The van der Waals surface area contributed by atoms with Gasteiger partial charge in [0.25, 0.3) is 10.0 Å². The highest BCUT2D eigenvalue weighted by Gasteiger charge is 2.29. The molecule has 29 heavy (non-hydrogen) atoms. The molecular weight excluding hydrogens is 412 g/mol. The van der Waals surface area contributed by atoms with Crippen LogP contribution in [0.15, 0.2) is 50.5 Å². The van der Waals surface area contributed by atoms with Crippen molar-refractivity contribution in [3.8, 4) is 17.1 Å². The lowest BCUT2D eigenvalue weighted by Crippen LogP contribution is -2.48. The van der Waals surface area contributed by atoms with Gasteiger partial charge in [-0.1, -0.05) is 23.4 Å². The van der Waals surface area contributed by atoms with Crippen LogP contribution in [0.5, 0.6) is 5.75 Å². The molecule has 8 nitrogen and oxygen atoms in total. The molecule has 2 aromatic heterocycles. The molecule has 0 spiro atoms. The highest BCUT2D eigenvalue weighted by Crippen LogP contribution is 2.28. The molecule has 0 atom stereocenters. The summed E-state index contributed by atoms with van der Waals surface area (Å²) in [5.74, 6) is 1.71. The zero-order valence-corrected chi connectivity index (χ0v) is 17.7. The van der Waals surface area contributed by atoms with E-state index in [-0.39, 0.29) is 0 Å². The zero-order valence-electron chi connectivity index (χ0n) is 16.0. The van der Waals surface area contributed by atoms with Gasteiger partial charge in [0.2, 0.25) is 11.7 Å². The molecular formula is C19H22N4O4S2. The van der Waals surface area contributed by atoms with Crippen LogP contribution in [0.1, 0.15) is 12.8 Å². The van der Waals surface area contributed by atoms with Crippen molar-refractivity contribution in [2.45, 2.75) is 17.7 Å². The van der Waals surface area contributed by atoms with Gasteiger partial charge >= 0.3 is 0 Å². The Hall–Kier alpha value is -2.27. The fraction of sp³-hybridized carbons (Fsp3) is 0.368. The second-order valence-electron chi connectivity index (χ2n) is 6.55. The van der Waals surface area contributed by atoms with Gasteiger partial charge in [0, 0.05) is 26.2 Å². The lowest BCUT2D eigenvalue weighted by Gasteiger charge is -2.32. The van der Waals surface area contributed by atoms with Crippen molar-refractivity contribution in [2.75, 3.05) is 32.8 Å². The van der Waals surface area contributed by atoms with Crippen LogP contribution in [0, 0.1) is 0 Å². The van der Waals surface area contributed by atoms with Crippen molar-refractivity contribution in [3.63, 3.8) is 0 Å². The van der Waals surface area contributed by atoms with E-state index in [1.165, 1.54) is 15.6 Å². The Morgan fingerprint density at radius 2 is 1.93 bits per heavy atom. The van der Waals surface area contributed by atoms with E-state index in [2.05, 4.69) is 15.0 Å². The maximum atomic E-state index is 12.6. The van der Waals surface area contributed by atoms with Crippen molar-refractivity contribution >= 4 is 21.4 Å². The van der Waals surface area contributed by atoms with Crippen molar-refractivity contribution in [1.82, 2.24) is 19.3 Å². The number of hydrogen-bond acceptors (Lipinski definition) is 8. The van der Waals surface area contributed by atoms with E-state index in [1.807, 2.05) is 31.2 Å². The lowest BCUT2D eigenvalue weighted by atomic mass is 10.2. The zero-order chi connectivity index (χ0) is 20.3. The number of hydrogen-bond donors (Lipinski definition) is 0. The molecule has 10 heteroatoms. The standard InChI is InChI=1S/C19H22N4O4S2/c1-2-26-16-7-4-3-6-15(16)19-20-17(27-21-19)14-22-9-11-23(12-10-22)29(24,25)18-8-5-13-28-18/h3-8,13H,2,9-12,14H2,1H3. The van der Waals surface area contributed by atoms with Gasteiger partial charge in [0.15, 0.2) is 0 Å². The third-order valence-corrected chi connectivity index (χ3v) is 7.95. The molecule has 1 aliphatic heterocycles. The van der Waals surface area contributed by atoms with Crippen molar-refractivity contribution in [2.24, 2.45) is 0 Å². The minimum atomic E-state index is -3.40. The number of rotatable bonds is 7. The number of sulfonamides is 1. The molecule has 0 aliphatic carbocycles. The van der Waals surface area contributed by atoms with E-state index in [4.69, 9.17) is 9.26 Å². The first-order chi connectivity index (χ1) is 14.1. The second-order valence-corrected chi connectivity index (χ2v) is 9.67. The Balaban J connectivity index is 1.39. The van der Waals surface area contributed by atoms with E-state index in [0.717, 1.165) is 11.3 Å². The molecule has 1 aliphatic rings. The van der Waals surface area contributed by atoms with Crippen molar-refractivity contribution < 1.29 is 17.7 Å². The van der Waals surface area contributed by atoms with Crippen LogP contribution in [-0.4, -0.2) is 60.5 Å². The summed E-state index contributed by atoms with van der Waals surface area (Å²) < 4.78 is 38.2. The van der Waals surface area contributed by atoms with Crippen LogP contribution >= 0.6 is 11.3 Å². The van der Waals surface area contributed by atoms with Crippen LogP contribution in [0.4, 0.5) is 0 Å². The topological polar surface area (TPSA) is 88.8 Å². The second kappa shape index (κ2) is 8.62. The molecule has 1 aromatic carbocycles. The molecule has 0 saturated carbocycles. The highest BCUT2D eigenvalue weighted by atomic mass is 32.2. The summed E-state index contributed by atoms with van der Waals surface area (Å²) in [5, 5.41) is 5.86. The molecule has 3 heterocycles. The summed E-state index contributed by atoms with van der Waals surface area (Å²) >= 11 is 1.25. The van der Waals surface area contributed by atoms with Crippen LogP contribution in [0.3, 0.4) is 0 Å². The summed E-state index contributed by atoms with van der Waals surface area (Å²) in [6, 6.07) is 11.0. The minimum absolute atomic E-state index is 0.389. The molecule has 0 bridgehead atoms. The first-order valence-corrected chi connectivity index (χ1v) is 11.7. The van der Waals surface area contributed by atoms with Gasteiger partial charge in [-0.15, -0.1) is 11.3 Å². The summed E-state index contributed by atoms with van der Waals surface area (Å²) in [6.07, 6.45) is 0. The molecule has 0 radical (unpaired) electrons. The highest BCUT2D eigenvalue weighted by molar-refractivity contribution is 7.91. The van der Waals surface area contributed by atoms with Gasteiger partial charge in [0.05, 0.1) is 18.7 Å². The smallest absolute Gasteiger partial charge is 0.252 e. The van der Waals surface area contributed by atoms with Crippen LogP contribution in [0.25, 0.3) is 11.4 Å². The van der Waals surface area contributed by atoms with Gasteiger partial charge in [-0.25, -0.2) is 8.42 Å². The van der Waals surface area contributed by atoms with Crippen molar-refractivity contribution in [1.29, 1.82) is 0 Å². The Kier molecular flexibility index (Phi) is 5.95. The fourth-order valence-corrected chi connectivity index (χ4v) is 5.78. The summed E-state index contributed by atoms with van der Waals surface area (Å²) in [7, 11) is -3.40. The number of para-hydroxylation sites is 1.